The largest absolute Gasteiger partial charge is 0.494 e. The van der Waals surface area contributed by atoms with E-state index < -0.39 is 0 Å². The Hall–Kier alpha value is -1.69. The van der Waals surface area contributed by atoms with Gasteiger partial charge in [-0.3, -0.25) is 9.79 Å². The second-order valence-electron chi connectivity index (χ2n) is 5.13. The summed E-state index contributed by atoms with van der Waals surface area (Å²) in [5, 5.41) is 0. The van der Waals surface area contributed by atoms with Crippen LogP contribution in [-0.4, -0.2) is 18.6 Å². The molecule has 0 unspecified atom stereocenters. The Kier molecular flexibility index (Phi) is 8.55. The van der Waals surface area contributed by atoms with E-state index >= 15 is 0 Å². The molecule has 0 N–H and O–H groups in total. The Morgan fingerprint density at radius 3 is 2.30 bits per heavy atom. The van der Waals surface area contributed by atoms with Gasteiger partial charge in [0.25, 0.3) is 0 Å². The van der Waals surface area contributed by atoms with E-state index in [2.05, 4.69) is 11.9 Å². The lowest BCUT2D eigenvalue weighted by molar-refractivity contribution is 0.101. The molecular weight excluding hydrogens is 401 g/mol. The van der Waals surface area contributed by atoms with Crippen molar-refractivity contribution in [3.05, 3.63) is 59.7 Å². The third-order valence-corrected chi connectivity index (χ3v) is 3.28. The van der Waals surface area contributed by atoms with Crippen LogP contribution in [0.1, 0.15) is 42.6 Å². The van der Waals surface area contributed by atoms with Crippen LogP contribution in [0.4, 0.5) is 5.69 Å². The average Bonchev–Trinajstić information content (AvgIpc) is 2.55. The third kappa shape index (κ3) is 6.52. The third-order valence-electron chi connectivity index (χ3n) is 3.28. The zero-order chi connectivity index (χ0) is 15.8. The number of carbonyl (C=O) groups excluding carboxylic acids is 1. The number of unbranched alkanes of at least 4 members (excludes halogenated alkanes) is 1. The van der Waals surface area contributed by atoms with Crippen LogP contribution < -0.4 is 4.74 Å². The first-order valence-corrected chi connectivity index (χ1v) is 7.57. The van der Waals surface area contributed by atoms with Crippen molar-refractivity contribution in [2.24, 2.45) is 4.99 Å². The molecule has 0 aliphatic rings. The summed E-state index contributed by atoms with van der Waals surface area (Å²) in [6, 6.07) is 15.1. The maximum Gasteiger partial charge on any atom is 0.159 e. The van der Waals surface area contributed by atoms with E-state index in [-0.39, 0.29) is 29.8 Å². The summed E-state index contributed by atoms with van der Waals surface area (Å²) in [6.45, 7) is 4.46. The highest BCUT2D eigenvalue weighted by Gasteiger charge is 1.98. The van der Waals surface area contributed by atoms with Gasteiger partial charge in [0.2, 0.25) is 0 Å². The summed E-state index contributed by atoms with van der Waals surface area (Å²) in [5.74, 6) is 0.950. The summed E-state index contributed by atoms with van der Waals surface area (Å²) in [5.41, 5.74) is 2.54. The molecule has 0 spiro atoms. The number of aliphatic imine (C=N–C) groups is 1. The number of nitrogens with zero attached hydrogens (tertiary/aromatic N) is 1. The van der Waals surface area contributed by atoms with Crippen LogP contribution in [0, 0.1) is 0 Å². The molecule has 0 aliphatic heterocycles. The lowest BCUT2D eigenvalue weighted by Gasteiger charge is -2.04. The van der Waals surface area contributed by atoms with E-state index in [1.54, 1.807) is 25.3 Å². The van der Waals surface area contributed by atoms with Crippen LogP contribution in [0.2, 0.25) is 0 Å². The van der Waals surface area contributed by atoms with Gasteiger partial charge < -0.3 is 4.74 Å². The number of halogens is 1. The number of Topliss-reactive ketones (excluding diaryl/α,β-unsaturated/α-hetero) is 1. The van der Waals surface area contributed by atoms with E-state index in [0.29, 0.717) is 5.56 Å². The van der Waals surface area contributed by atoms with Crippen LogP contribution in [0.3, 0.4) is 0 Å². The van der Waals surface area contributed by atoms with Crippen molar-refractivity contribution in [2.45, 2.75) is 26.7 Å². The normalized spacial score (nSPS) is 10.3. The number of hydrogen-bond acceptors (Lipinski definition) is 3. The molecule has 23 heavy (non-hydrogen) atoms. The fourth-order valence-electron chi connectivity index (χ4n) is 1.92. The Balaban J connectivity index is 0.00000264. The monoisotopic (exact) mass is 423 g/mol. The van der Waals surface area contributed by atoms with Gasteiger partial charge in [-0.05, 0) is 67.4 Å². The van der Waals surface area contributed by atoms with Gasteiger partial charge >= 0.3 is 0 Å². The van der Waals surface area contributed by atoms with Gasteiger partial charge in [0, 0.05) is 11.8 Å². The second kappa shape index (κ2) is 10.2. The highest BCUT2D eigenvalue weighted by atomic mass is 127. The second-order valence-corrected chi connectivity index (χ2v) is 5.13. The molecule has 3 nitrogen and oxygen atoms in total. The topological polar surface area (TPSA) is 38.7 Å². The number of ether oxygens (including phenoxy) is 1. The number of benzene rings is 2. The summed E-state index contributed by atoms with van der Waals surface area (Å²) in [6.07, 6.45) is 4.01. The molecule has 2 rings (SSSR count). The Morgan fingerprint density at radius 2 is 1.74 bits per heavy atom. The fraction of sp³-hybridized carbons (Fsp3) is 0.263. The molecule has 0 saturated heterocycles. The highest BCUT2D eigenvalue weighted by molar-refractivity contribution is 14.0. The minimum absolute atomic E-state index is 0. The van der Waals surface area contributed by atoms with Crippen LogP contribution in [0.5, 0.6) is 5.75 Å². The van der Waals surface area contributed by atoms with Crippen LogP contribution in [0.25, 0.3) is 0 Å². The van der Waals surface area contributed by atoms with E-state index in [1.807, 2.05) is 36.4 Å². The lowest BCUT2D eigenvalue weighted by atomic mass is 10.1. The van der Waals surface area contributed by atoms with E-state index in [1.165, 1.54) is 0 Å². The predicted molar refractivity (Wildman–Crippen MR) is 106 cm³/mol. The number of carbonyl (C=O) groups is 1. The van der Waals surface area contributed by atoms with Crippen LogP contribution >= 0.6 is 24.0 Å². The molecule has 122 valence electrons. The minimum atomic E-state index is 0. The Morgan fingerprint density at radius 1 is 1.09 bits per heavy atom. The number of ketones is 1. The maximum absolute atomic E-state index is 11.2. The standard InChI is InChI=1S/C19H21NO2.HI/c1-3-4-13-22-19-11-5-16(6-12-19)14-20-18-9-7-17(8-10-18)15(2)21;/h5-12,14H,3-4,13H2,1-2H3;1H. The molecule has 0 atom stereocenters. The zero-order valence-corrected chi connectivity index (χ0v) is 15.8. The van der Waals surface area contributed by atoms with Crippen molar-refractivity contribution in [3.8, 4) is 5.75 Å². The Labute approximate surface area is 154 Å². The van der Waals surface area contributed by atoms with Crippen LogP contribution in [0.15, 0.2) is 53.5 Å². The van der Waals surface area contributed by atoms with E-state index in [4.69, 9.17) is 4.74 Å². The SMILES string of the molecule is CCCCOc1ccc(C=Nc2ccc(C(C)=O)cc2)cc1.I. The molecule has 2 aromatic rings. The number of hydrogen-bond donors (Lipinski definition) is 0. The molecule has 0 heterocycles. The molecule has 0 aliphatic carbocycles. The minimum Gasteiger partial charge on any atom is -0.494 e. The lowest BCUT2D eigenvalue weighted by Crippen LogP contribution is -1.96. The molecule has 0 bridgehead atoms. The van der Waals surface area contributed by atoms with E-state index in [0.717, 1.165) is 36.4 Å². The zero-order valence-electron chi connectivity index (χ0n) is 13.5. The van der Waals surface area contributed by atoms with Crippen molar-refractivity contribution >= 4 is 41.7 Å². The summed E-state index contributed by atoms with van der Waals surface area (Å²) >= 11 is 0. The van der Waals surface area contributed by atoms with Crippen molar-refractivity contribution in [1.82, 2.24) is 0 Å². The number of rotatable bonds is 7. The molecule has 0 fully saturated rings. The molecule has 0 saturated carbocycles. The van der Waals surface area contributed by atoms with Gasteiger partial charge in [0.05, 0.1) is 12.3 Å². The van der Waals surface area contributed by atoms with Gasteiger partial charge in [-0.15, -0.1) is 24.0 Å². The predicted octanol–water partition coefficient (Wildman–Crippen LogP) is 5.44. The average molecular weight is 423 g/mol. The summed E-state index contributed by atoms with van der Waals surface area (Å²) in [4.78, 5) is 15.6. The van der Waals surface area contributed by atoms with Gasteiger partial charge in [-0.1, -0.05) is 13.3 Å². The molecule has 0 amide bonds. The van der Waals surface area contributed by atoms with Crippen molar-refractivity contribution < 1.29 is 9.53 Å². The Bertz CT molecular complexity index is 633. The molecule has 0 aromatic heterocycles. The summed E-state index contributed by atoms with van der Waals surface area (Å²) < 4.78 is 5.62. The van der Waals surface area contributed by atoms with Gasteiger partial charge in [0.1, 0.15) is 5.75 Å². The van der Waals surface area contributed by atoms with Crippen molar-refractivity contribution in [3.63, 3.8) is 0 Å². The first-order chi connectivity index (χ1) is 10.7. The highest BCUT2D eigenvalue weighted by Crippen LogP contribution is 2.15. The first kappa shape index (κ1) is 19.4. The first-order valence-electron chi connectivity index (χ1n) is 7.57. The summed E-state index contributed by atoms with van der Waals surface area (Å²) in [7, 11) is 0. The van der Waals surface area contributed by atoms with Gasteiger partial charge in [0.15, 0.2) is 5.78 Å². The maximum atomic E-state index is 11.2. The smallest absolute Gasteiger partial charge is 0.159 e. The molecular formula is C19H22INO2. The molecule has 4 heteroatoms. The van der Waals surface area contributed by atoms with Crippen molar-refractivity contribution in [2.75, 3.05) is 6.61 Å². The molecule has 0 radical (unpaired) electrons. The van der Waals surface area contributed by atoms with Crippen LogP contribution in [-0.2, 0) is 0 Å². The van der Waals surface area contributed by atoms with Gasteiger partial charge in [-0.2, -0.15) is 0 Å². The fourth-order valence-corrected chi connectivity index (χ4v) is 1.92. The quantitative estimate of drug-likeness (QED) is 0.258. The van der Waals surface area contributed by atoms with Crippen molar-refractivity contribution in [1.29, 1.82) is 0 Å². The van der Waals surface area contributed by atoms with Gasteiger partial charge in [-0.25, -0.2) is 0 Å². The van der Waals surface area contributed by atoms with E-state index in [9.17, 15) is 4.79 Å². The molecule has 2 aromatic carbocycles.